The summed E-state index contributed by atoms with van der Waals surface area (Å²) in [5.41, 5.74) is 2.46. The lowest BCUT2D eigenvalue weighted by Gasteiger charge is -1.94. The van der Waals surface area contributed by atoms with E-state index >= 15 is 0 Å². The highest BCUT2D eigenvalue weighted by Gasteiger charge is 1.99. The Morgan fingerprint density at radius 1 is 1.46 bits per heavy atom. The molecule has 0 bridgehead atoms. The van der Waals surface area contributed by atoms with E-state index in [4.69, 9.17) is 0 Å². The number of hydrogen-bond acceptors (Lipinski definition) is 2. The van der Waals surface area contributed by atoms with Gasteiger partial charge in [0.25, 0.3) is 0 Å². The minimum atomic E-state index is 1.07. The Balaban J connectivity index is 2.31. The largest absolute Gasteiger partial charge is 0.320 e. The summed E-state index contributed by atoms with van der Waals surface area (Å²) in [5.74, 6) is 0. The van der Waals surface area contributed by atoms with Crippen LogP contribution in [0.3, 0.4) is 0 Å². The van der Waals surface area contributed by atoms with Crippen molar-refractivity contribution in [1.29, 1.82) is 0 Å². The van der Waals surface area contributed by atoms with Crippen LogP contribution in [0.15, 0.2) is 6.07 Å². The van der Waals surface area contributed by atoms with E-state index in [1.807, 2.05) is 7.05 Å². The Hall–Kier alpha value is -0.830. The predicted molar refractivity (Wildman–Crippen MR) is 54.8 cm³/mol. The Morgan fingerprint density at radius 2 is 2.31 bits per heavy atom. The van der Waals surface area contributed by atoms with Gasteiger partial charge in [0, 0.05) is 5.69 Å². The Labute approximate surface area is 79.9 Å². The molecule has 1 aromatic heterocycles. The Bertz CT molecular complexity index is 230. The maximum absolute atomic E-state index is 4.25. The smallest absolute Gasteiger partial charge is 0.0625 e. The van der Waals surface area contributed by atoms with Crippen molar-refractivity contribution in [1.82, 2.24) is 15.5 Å². The molecule has 1 aromatic rings. The van der Waals surface area contributed by atoms with Crippen LogP contribution in [0.4, 0.5) is 0 Å². The third kappa shape index (κ3) is 3.59. The zero-order valence-corrected chi connectivity index (χ0v) is 8.56. The van der Waals surface area contributed by atoms with Gasteiger partial charge >= 0.3 is 0 Å². The molecule has 3 nitrogen and oxygen atoms in total. The van der Waals surface area contributed by atoms with E-state index in [0.29, 0.717) is 0 Å². The molecule has 0 saturated heterocycles. The van der Waals surface area contributed by atoms with Crippen LogP contribution in [0.1, 0.15) is 31.2 Å². The quantitative estimate of drug-likeness (QED) is 0.653. The first-order chi connectivity index (χ1) is 6.36. The number of nitrogens with zero attached hydrogens (tertiary/aromatic N) is 1. The Kier molecular flexibility index (Phi) is 4.54. The standard InChI is InChI=1S/C10H19N3/c1-3-5-9-8-10(13-12-9)6-4-7-11-2/h8,11H,3-7H2,1-2H3,(H,12,13). The van der Waals surface area contributed by atoms with Gasteiger partial charge in [-0.3, -0.25) is 5.10 Å². The molecule has 1 rings (SSSR count). The molecule has 0 spiro atoms. The minimum Gasteiger partial charge on any atom is -0.320 e. The van der Waals surface area contributed by atoms with Crippen molar-refractivity contribution < 1.29 is 0 Å². The molecule has 0 unspecified atom stereocenters. The van der Waals surface area contributed by atoms with E-state index in [-0.39, 0.29) is 0 Å². The third-order valence-electron chi connectivity index (χ3n) is 2.06. The lowest BCUT2D eigenvalue weighted by Crippen LogP contribution is -2.08. The third-order valence-corrected chi connectivity index (χ3v) is 2.06. The normalized spacial score (nSPS) is 10.6. The van der Waals surface area contributed by atoms with Crippen LogP contribution in [-0.4, -0.2) is 23.8 Å². The lowest BCUT2D eigenvalue weighted by atomic mass is 10.2. The van der Waals surface area contributed by atoms with Crippen molar-refractivity contribution in [3.63, 3.8) is 0 Å². The second kappa shape index (κ2) is 5.75. The zero-order valence-electron chi connectivity index (χ0n) is 8.56. The number of aromatic amines is 1. The molecular formula is C10H19N3. The van der Waals surface area contributed by atoms with Crippen molar-refractivity contribution in [2.75, 3.05) is 13.6 Å². The Morgan fingerprint density at radius 3 is 3.00 bits per heavy atom. The van der Waals surface area contributed by atoms with Gasteiger partial charge in [0.15, 0.2) is 0 Å². The number of aryl methyl sites for hydroxylation is 2. The maximum atomic E-state index is 4.25. The second-order valence-electron chi connectivity index (χ2n) is 3.34. The first-order valence-corrected chi connectivity index (χ1v) is 5.04. The summed E-state index contributed by atoms with van der Waals surface area (Å²) in [6.07, 6.45) is 4.52. The highest BCUT2D eigenvalue weighted by atomic mass is 15.1. The van der Waals surface area contributed by atoms with Gasteiger partial charge in [-0.1, -0.05) is 13.3 Å². The SMILES string of the molecule is CCCc1cc(CCCNC)n[nH]1. The van der Waals surface area contributed by atoms with E-state index in [2.05, 4.69) is 28.5 Å². The molecule has 2 N–H and O–H groups in total. The van der Waals surface area contributed by atoms with Crippen molar-refractivity contribution in [3.8, 4) is 0 Å². The molecule has 0 aliphatic heterocycles. The second-order valence-corrected chi connectivity index (χ2v) is 3.34. The van der Waals surface area contributed by atoms with Crippen LogP contribution in [0.25, 0.3) is 0 Å². The van der Waals surface area contributed by atoms with Gasteiger partial charge in [-0.2, -0.15) is 5.10 Å². The summed E-state index contributed by atoms with van der Waals surface area (Å²) in [4.78, 5) is 0. The molecule has 0 fully saturated rings. The van der Waals surface area contributed by atoms with Crippen molar-refractivity contribution in [2.24, 2.45) is 0 Å². The van der Waals surface area contributed by atoms with Gasteiger partial charge in [-0.05, 0) is 38.9 Å². The zero-order chi connectivity index (χ0) is 9.52. The molecular weight excluding hydrogens is 162 g/mol. The summed E-state index contributed by atoms with van der Waals surface area (Å²) in [7, 11) is 1.98. The fourth-order valence-corrected chi connectivity index (χ4v) is 1.38. The summed E-state index contributed by atoms with van der Waals surface area (Å²) in [6.45, 7) is 3.25. The monoisotopic (exact) mass is 181 g/mol. The molecule has 0 amide bonds. The molecule has 1 heterocycles. The van der Waals surface area contributed by atoms with E-state index in [1.54, 1.807) is 0 Å². The van der Waals surface area contributed by atoms with Crippen molar-refractivity contribution in [3.05, 3.63) is 17.5 Å². The average Bonchev–Trinajstić information content (AvgIpc) is 2.54. The molecule has 0 atom stereocenters. The number of H-pyrrole nitrogens is 1. The highest BCUT2D eigenvalue weighted by molar-refractivity contribution is 5.08. The molecule has 13 heavy (non-hydrogen) atoms. The summed E-state index contributed by atoms with van der Waals surface area (Å²) in [6, 6.07) is 2.18. The summed E-state index contributed by atoms with van der Waals surface area (Å²) in [5, 5.41) is 10.4. The van der Waals surface area contributed by atoms with Crippen molar-refractivity contribution in [2.45, 2.75) is 32.6 Å². The number of aromatic nitrogens is 2. The van der Waals surface area contributed by atoms with E-state index in [0.717, 1.165) is 25.8 Å². The van der Waals surface area contributed by atoms with Gasteiger partial charge in [-0.15, -0.1) is 0 Å². The van der Waals surface area contributed by atoms with Gasteiger partial charge in [0.1, 0.15) is 0 Å². The molecule has 0 aliphatic carbocycles. The van der Waals surface area contributed by atoms with Gasteiger partial charge in [-0.25, -0.2) is 0 Å². The van der Waals surface area contributed by atoms with Gasteiger partial charge < -0.3 is 5.32 Å². The van der Waals surface area contributed by atoms with Crippen LogP contribution in [0, 0.1) is 0 Å². The van der Waals surface area contributed by atoms with Crippen LogP contribution in [0.2, 0.25) is 0 Å². The van der Waals surface area contributed by atoms with Crippen LogP contribution < -0.4 is 5.32 Å². The molecule has 0 radical (unpaired) electrons. The average molecular weight is 181 g/mol. The van der Waals surface area contributed by atoms with Crippen LogP contribution in [-0.2, 0) is 12.8 Å². The predicted octanol–water partition coefficient (Wildman–Crippen LogP) is 1.51. The van der Waals surface area contributed by atoms with Crippen LogP contribution >= 0.6 is 0 Å². The topological polar surface area (TPSA) is 40.7 Å². The fraction of sp³-hybridized carbons (Fsp3) is 0.700. The summed E-state index contributed by atoms with van der Waals surface area (Å²) >= 11 is 0. The van der Waals surface area contributed by atoms with Crippen LogP contribution in [0.5, 0.6) is 0 Å². The molecule has 0 aliphatic rings. The van der Waals surface area contributed by atoms with Gasteiger partial charge in [0.05, 0.1) is 5.69 Å². The first-order valence-electron chi connectivity index (χ1n) is 5.04. The van der Waals surface area contributed by atoms with Gasteiger partial charge in [0.2, 0.25) is 0 Å². The molecule has 0 aromatic carbocycles. The fourth-order valence-electron chi connectivity index (χ4n) is 1.38. The van der Waals surface area contributed by atoms with Crippen molar-refractivity contribution >= 4 is 0 Å². The maximum Gasteiger partial charge on any atom is 0.0625 e. The number of nitrogens with one attached hydrogen (secondary N) is 2. The molecule has 3 heteroatoms. The summed E-state index contributed by atoms with van der Waals surface area (Å²) < 4.78 is 0. The van der Waals surface area contributed by atoms with E-state index < -0.39 is 0 Å². The van der Waals surface area contributed by atoms with E-state index in [1.165, 1.54) is 17.8 Å². The first kappa shape index (κ1) is 10.3. The molecule has 0 saturated carbocycles. The highest BCUT2D eigenvalue weighted by Crippen LogP contribution is 2.04. The van der Waals surface area contributed by atoms with E-state index in [9.17, 15) is 0 Å². The number of hydrogen-bond donors (Lipinski definition) is 2. The lowest BCUT2D eigenvalue weighted by molar-refractivity contribution is 0.713. The number of rotatable bonds is 6. The minimum absolute atomic E-state index is 1.07. The molecule has 74 valence electrons.